The van der Waals surface area contributed by atoms with Gasteiger partial charge in [-0.15, -0.1) is 0 Å². The van der Waals surface area contributed by atoms with Gasteiger partial charge in [0.2, 0.25) is 0 Å². The van der Waals surface area contributed by atoms with Crippen molar-refractivity contribution in [2.45, 2.75) is 19.3 Å². The molecule has 8 aromatic carbocycles. The van der Waals surface area contributed by atoms with E-state index in [1.807, 2.05) is 18.2 Å². The minimum absolute atomic E-state index is 0.147. The summed E-state index contributed by atoms with van der Waals surface area (Å²) in [6.07, 6.45) is 0. The van der Waals surface area contributed by atoms with E-state index in [4.69, 9.17) is 19.4 Å². The van der Waals surface area contributed by atoms with Crippen LogP contribution in [-0.4, -0.2) is 15.0 Å². The van der Waals surface area contributed by atoms with Gasteiger partial charge in [0, 0.05) is 32.9 Å². The Hall–Kier alpha value is -7.43. The molecule has 274 valence electrons. The molecule has 0 atom stereocenters. The van der Waals surface area contributed by atoms with Crippen molar-refractivity contribution in [1.82, 2.24) is 15.0 Å². The Morgan fingerprint density at radius 1 is 0.345 bits per heavy atom. The minimum Gasteiger partial charge on any atom is -0.456 e. The molecule has 0 aliphatic heterocycles. The van der Waals surface area contributed by atoms with Gasteiger partial charge in [-0.1, -0.05) is 172 Å². The number of hydrogen-bond acceptors (Lipinski definition) is 4. The summed E-state index contributed by atoms with van der Waals surface area (Å²) in [5, 5.41) is 2.23. The summed E-state index contributed by atoms with van der Waals surface area (Å²) in [6, 6.07) is 66.0. The maximum Gasteiger partial charge on any atom is 0.164 e. The Bertz CT molecular complexity index is 3180. The van der Waals surface area contributed by atoms with E-state index in [9.17, 15) is 0 Å². The molecule has 0 radical (unpaired) electrons. The Kier molecular flexibility index (Phi) is 7.80. The van der Waals surface area contributed by atoms with Gasteiger partial charge < -0.3 is 4.42 Å². The highest BCUT2D eigenvalue weighted by molar-refractivity contribution is 6.13. The van der Waals surface area contributed by atoms with Crippen LogP contribution in [-0.2, 0) is 5.41 Å². The van der Waals surface area contributed by atoms with Crippen LogP contribution in [0.3, 0.4) is 0 Å². The Morgan fingerprint density at radius 3 is 1.64 bits per heavy atom. The lowest BCUT2D eigenvalue weighted by molar-refractivity contribution is 0.660. The average Bonchev–Trinajstić information content (AvgIpc) is 3.78. The highest BCUT2D eigenvalue weighted by atomic mass is 16.3. The summed E-state index contributed by atoms with van der Waals surface area (Å²) in [5.74, 6) is 1.89. The first-order valence-electron chi connectivity index (χ1n) is 19.8. The van der Waals surface area contributed by atoms with Crippen LogP contribution in [0.25, 0.3) is 101 Å². The van der Waals surface area contributed by atoms with Crippen molar-refractivity contribution in [2.75, 3.05) is 0 Å². The molecule has 0 saturated heterocycles. The predicted molar refractivity (Wildman–Crippen MR) is 237 cm³/mol. The first-order valence-corrected chi connectivity index (χ1v) is 19.8. The Balaban J connectivity index is 1.02. The zero-order chi connectivity index (χ0) is 38.8. The highest BCUT2D eigenvalue weighted by Crippen LogP contribution is 2.49. The second kappa shape index (κ2) is 13.4. The zero-order valence-corrected chi connectivity index (χ0v) is 32.1. The lowest BCUT2D eigenvalue weighted by Crippen LogP contribution is -2.15. The monoisotopic (exact) mass is 743 g/mol. The van der Waals surface area contributed by atoms with E-state index in [-0.39, 0.29) is 5.41 Å². The van der Waals surface area contributed by atoms with Crippen LogP contribution in [0.15, 0.2) is 192 Å². The van der Waals surface area contributed by atoms with Gasteiger partial charge >= 0.3 is 0 Å². The number of hydrogen-bond donors (Lipinski definition) is 0. The van der Waals surface area contributed by atoms with E-state index in [0.717, 1.165) is 55.3 Å². The summed E-state index contributed by atoms with van der Waals surface area (Å²) in [6.45, 7) is 4.60. The average molecular weight is 744 g/mol. The van der Waals surface area contributed by atoms with Crippen LogP contribution < -0.4 is 0 Å². The fourth-order valence-electron chi connectivity index (χ4n) is 8.75. The van der Waals surface area contributed by atoms with Crippen molar-refractivity contribution in [2.24, 2.45) is 0 Å². The van der Waals surface area contributed by atoms with Gasteiger partial charge in [0.05, 0.1) is 0 Å². The van der Waals surface area contributed by atoms with Gasteiger partial charge in [-0.25, -0.2) is 15.0 Å². The largest absolute Gasteiger partial charge is 0.456 e. The van der Waals surface area contributed by atoms with Crippen molar-refractivity contribution in [3.05, 3.63) is 199 Å². The molecule has 2 heterocycles. The van der Waals surface area contributed by atoms with E-state index in [2.05, 4.69) is 184 Å². The maximum absolute atomic E-state index is 6.49. The van der Waals surface area contributed by atoms with Crippen molar-refractivity contribution >= 4 is 21.9 Å². The molecule has 0 bridgehead atoms. The van der Waals surface area contributed by atoms with Crippen LogP contribution in [0.5, 0.6) is 0 Å². The third-order valence-corrected chi connectivity index (χ3v) is 11.8. The van der Waals surface area contributed by atoms with E-state index < -0.39 is 0 Å². The number of nitrogens with zero attached hydrogens (tertiary/aromatic N) is 3. The van der Waals surface area contributed by atoms with Gasteiger partial charge in [0.1, 0.15) is 11.2 Å². The van der Waals surface area contributed by atoms with Crippen molar-refractivity contribution < 1.29 is 4.42 Å². The highest BCUT2D eigenvalue weighted by Gasteiger charge is 2.35. The third kappa shape index (κ3) is 5.64. The zero-order valence-electron chi connectivity index (χ0n) is 32.1. The molecule has 0 saturated carbocycles. The molecular formula is C54H37N3O. The first-order chi connectivity index (χ1) is 28.5. The molecule has 4 heteroatoms. The minimum atomic E-state index is -0.147. The maximum atomic E-state index is 6.49. The van der Waals surface area contributed by atoms with Crippen molar-refractivity contribution in [3.8, 4) is 78.7 Å². The molecule has 0 fully saturated rings. The number of furan rings is 1. The Morgan fingerprint density at radius 2 is 0.862 bits per heavy atom. The second-order valence-electron chi connectivity index (χ2n) is 15.6. The second-order valence-corrected chi connectivity index (χ2v) is 15.6. The molecule has 4 nitrogen and oxygen atoms in total. The topological polar surface area (TPSA) is 51.8 Å². The molecular weight excluding hydrogens is 707 g/mol. The SMILES string of the molecule is CC1(C)c2ccccc2-c2ccc(-c3nc(-c4ccc(-c5ccccc5)cc4)nc(-c4cccc(-c5ccc6c(c5)oc5cccc(-c7ccccc7)c56)c4)n3)cc21. The standard InChI is InChI=1S/C54H37N3O/c1-54(2)46-21-10-9-19-43(46)44-29-28-41(32-47(44)54)53-56-51(37-25-23-35(24-26-37)34-13-5-3-6-14-34)55-52(57-53)40-18-11-17-38(31-40)39-27-30-45-49(33-39)58-48-22-12-20-42(50(45)48)36-15-7-4-8-16-36/h3-33H,1-2H3. The Labute approximate surface area is 337 Å². The molecule has 1 aliphatic rings. The van der Waals surface area contributed by atoms with Crippen molar-refractivity contribution in [3.63, 3.8) is 0 Å². The van der Waals surface area contributed by atoms with E-state index >= 15 is 0 Å². The van der Waals surface area contributed by atoms with Crippen LogP contribution in [0.2, 0.25) is 0 Å². The van der Waals surface area contributed by atoms with Crippen LogP contribution >= 0.6 is 0 Å². The lowest BCUT2D eigenvalue weighted by atomic mass is 9.82. The third-order valence-electron chi connectivity index (χ3n) is 11.8. The summed E-state index contributed by atoms with van der Waals surface area (Å²) in [7, 11) is 0. The number of aromatic nitrogens is 3. The number of fused-ring (bicyclic) bond motifs is 6. The molecule has 1 aliphatic carbocycles. The molecule has 0 unspecified atom stereocenters. The van der Waals surface area contributed by atoms with Crippen LogP contribution in [0, 0.1) is 0 Å². The predicted octanol–water partition coefficient (Wildman–Crippen LogP) is 14.1. The van der Waals surface area contributed by atoms with Gasteiger partial charge in [-0.05, 0) is 86.0 Å². The molecule has 0 N–H and O–H groups in total. The van der Waals surface area contributed by atoms with Gasteiger partial charge in [0.15, 0.2) is 17.5 Å². The van der Waals surface area contributed by atoms with Crippen molar-refractivity contribution in [1.29, 1.82) is 0 Å². The fourth-order valence-corrected chi connectivity index (χ4v) is 8.75. The molecule has 0 amide bonds. The lowest BCUT2D eigenvalue weighted by Gasteiger charge is -2.21. The van der Waals surface area contributed by atoms with Gasteiger partial charge in [0.25, 0.3) is 0 Å². The summed E-state index contributed by atoms with van der Waals surface area (Å²) in [5.41, 5.74) is 16.3. The van der Waals surface area contributed by atoms with Gasteiger partial charge in [-0.3, -0.25) is 0 Å². The summed E-state index contributed by atoms with van der Waals surface area (Å²) < 4.78 is 6.49. The summed E-state index contributed by atoms with van der Waals surface area (Å²) >= 11 is 0. The number of benzene rings is 8. The molecule has 58 heavy (non-hydrogen) atoms. The molecule has 11 rings (SSSR count). The summed E-state index contributed by atoms with van der Waals surface area (Å²) in [4.78, 5) is 15.5. The number of rotatable bonds is 6. The van der Waals surface area contributed by atoms with Crippen LogP contribution in [0.4, 0.5) is 0 Å². The fraction of sp³-hybridized carbons (Fsp3) is 0.0556. The molecule has 2 aromatic heterocycles. The quantitative estimate of drug-likeness (QED) is 0.170. The molecule has 10 aromatic rings. The van der Waals surface area contributed by atoms with E-state index in [1.165, 1.54) is 38.9 Å². The smallest absolute Gasteiger partial charge is 0.164 e. The van der Waals surface area contributed by atoms with E-state index in [0.29, 0.717) is 17.5 Å². The van der Waals surface area contributed by atoms with Gasteiger partial charge in [-0.2, -0.15) is 0 Å². The van der Waals surface area contributed by atoms with E-state index in [1.54, 1.807) is 0 Å². The normalized spacial score (nSPS) is 12.8. The molecule has 0 spiro atoms. The first kappa shape index (κ1) is 33.9. The van der Waals surface area contributed by atoms with Crippen LogP contribution in [0.1, 0.15) is 25.0 Å².